The number of ketones is 1. The molecular weight excluding hydrogens is 304 g/mol. The van der Waals surface area contributed by atoms with Gasteiger partial charge in [0.15, 0.2) is 17.5 Å². The number of aliphatic hydroxyl groups is 1. The summed E-state index contributed by atoms with van der Waals surface area (Å²) < 4.78 is 15.9. The number of rotatable bonds is 4. The Hall–Kier alpha value is -1.47. The van der Waals surface area contributed by atoms with Crippen molar-refractivity contribution in [1.29, 1.82) is 0 Å². The molecule has 0 spiro atoms. The maximum atomic E-state index is 12.9. The predicted octanol–water partition coefficient (Wildman–Crippen LogP) is 0.615. The van der Waals surface area contributed by atoms with Crippen molar-refractivity contribution in [3.63, 3.8) is 0 Å². The van der Waals surface area contributed by atoms with Gasteiger partial charge in [0.2, 0.25) is 0 Å². The summed E-state index contributed by atoms with van der Waals surface area (Å²) in [4.78, 5) is 35.5. The molecule has 1 saturated carbocycles. The van der Waals surface area contributed by atoms with Crippen LogP contribution in [0.25, 0.3) is 0 Å². The zero-order valence-electron chi connectivity index (χ0n) is 14.1. The highest BCUT2D eigenvalue weighted by Crippen LogP contribution is 2.54. The molecule has 2 fully saturated rings. The molecule has 0 aromatic rings. The van der Waals surface area contributed by atoms with Gasteiger partial charge in [-0.2, -0.15) is 0 Å². The monoisotopic (exact) mass is 328 g/mol. The van der Waals surface area contributed by atoms with Crippen LogP contribution < -0.4 is 0 Å². The van der Waals surface area contributed by atoms with Crippen LogP contribution in [0.1, 0.15) is 41.0 Å². The molecular formula is C16H24O7. The minimum atomic E-state index is -1.20. The minimum absolute atomic E-state index is 0.187. The fourth-order valence-electron chi connectivity index (χ4n) is 3.85. The van der Waals surface area contributed by atoms with E-state index in [0.717, 1.165) is 0 Å². The first-order chi connectivity index (χ1) is 10.6. The molecule has 130 valence electrons. The Bertz CT molecular complexity index is 531. The van der Waals surface area contributed by atoms with E-state index in [0.29, 0.717) is 0 Å². The van der Waals surface area contributed by atoms with Crippen LogP contribution in [0.15, 0.2) is 0 Å². The molecule has 2 rings (SSSR count). The maximum Gasteiger partial charge on any atom is 0.303 e. The number of hydrogen-bond donors (Lipinski definition) is 1. The van der Waals surface area contributed by atoms with E-state index >= 15 is 0 Å². The number of hydrogen-bond acceptors (Lipinski definition) is 7. The normalized spacial score (nSPS) is 40.3. The van der Waals surface area contributed by atoms with Crippen LogP contribution in [0.3, 0.4) is 0 Å². The zero-order valence-corrected chi connectivity index (χ0v) is 14.1. The van der Waals surface area contributed by atoms with E-state index in [2.05, 4.69) is 0 Å². The Morgan fingerprint density at radius 3 is 2.30 bits per heavy atom. The molecule has 1 aliphatic heterocycles. The minimum Gasteiger partial charge on any atom is -0.455 e. The van der Waals surface area contributed by atoms with E-state index in [4.69, 9.17) is 14.2 Å². The van der Waals surface area contributed by atoms with Gasteiger partial charge in [0.25, 0.3) is 0 Å². The first-order valence-electron chi connectivity index (χ1n) is 7.76. The van der Waals surface area contributed by atoms with Gasteiger partial charge in [-0.15, -0.1) is 0 Å². The fraction of sp³-hybridized carbons (Fsp3) is 0.812. The third-order valence-electron chi connectivity index (χ3n) is 5.39. The van der Waals surface area contributed by atoms with Crippen molar-refractivity contribution >= 4 is 17.7 Å². The summed E-state index contributed by atoms with van der Waals surface area (Å²) in [7, 11) is 0. The second-order valence-electron chi connectivity index (χ2n) is 6.72. The van der Waals surface area contributed by atoms with Crippen molar-refractivity contribution in [2.45, 2.75) is 65.0 Å². The molecule has 23 heavy (non-hydrogen) atoms. The van der Waals surface area contributed by atoms with Crippen molar-refractivity contribution in [2.24, 2.45) is 11.3 Å². The van der Waals surface area contributed by atoms with Crippen molar-refractivity contribution in [3.05, 3.63) is 0 Å². The van der Waals surface area contributed by atoms with Gasteiger partial charge in [0.1, 0.15) is 6.10 Å². The largest absolute Gasteiger partial charge is 0.455 e. The third-order valence-corrected chi connectivity index (χ3v) is 5.39. The third kappa shape index (κ3) is 2.65. The van der Waals surface area contributed by atoms with Crippen LogP contribution in [0, 0.1) is 11.3 Å². The van der Waals surface area contributed by atoms with Crippen LogP contribution in [0.5, 0.6) is 0 Å². The van der Waals surface area contributed by atoms with Gasteiger partial charge in [-0.05, 0) is 13.8 Å². The highest BCUT2D eigenvalue weighted by atomic mass is 16.6. The van der Waals surface area contributed by atoms with E-state index in [-0.39, 0.29) is 18.8 Å². The summed E-state index contributed by atoms with van der Waals surface area (Å²) in [6.45, 7) is 7.60. The summed E-state index contributed by atoms with van der Waals surface area (Å²) in [5.74, 6) is -1.88. The molecule has 0 aromatic carbocycles. The van der Waals surface area contributed by atoms with E-state index in [9.17, 15) is 19.5 Å². The van der Waals surface area contributed by atoms with Gasteiger partial charge in [-0.25, -0.2) is 0 Å². The van der Waals surface area contributed by atoms with Gasteiger partial charge in [-0.3, -0.25) is 14.4 Å². The van der Waals surface area contributed by atoms with Crippen LogP contribution in [0.2, 0.25) is 0 Å². The first kappa shape index (κ1) is 17.9. The molecule has 1 saturated heterocycles. The quantitative estimate of drug-likeness (QED) is 0.755. The number of ether oxygens (including phenoxy) is 3. The summed E-state index contributed by atoms with van der Waals surface area (Å²) in [6, 6.07) is 0. The summed E-state index contributed by atoms with van der Waals surface area (Å²) in [6.07, 6.45) is -2.20. The number of carbonyl (C=O) groups is 3. The SMILES string of the molecule is CC(=O)O[C@H](C)C(=O)[C@@]1(C)[C@H](C)[C@]2(OC(C)=O)CO[C@@H]2C[C@@H]1O. The molecule has 1 aliphatic carbocycles. The molecule has 7 heteroatoms. The average molecular weight is 328 g/mol. The molecule has 7 nitrogen and oxygen atoms in total. The van der Waals surface area contributed by atoms with E-state index in [1.165, 1.54) is 20.8 Å². The molecule has 0 aromatic heterocycles. The number of carbonyl (C=O) groups excluding carboxylic acids is 3. The first-order valence-corrected chi connectivity index (χ1v) is 7.76. The van der Waals surface area contributed by atoms with E-state index in [1.807, 2.05) is 0 Å². The van der Waals surface area contributed by atoms with Crippen molar-refractivity contribution in [3.8, 4) is 0 Å². The Morgan fingerprint density at radius 2 is 1.87 bits per heavy atom. The molecule has 0 radical (unpaired) electrons. The lowest BCUT2D eigenvalue weighted by Crippen LogP contribution is -2.74. The molecule has 1 N–H and O–H groups in total. The Kier molecular flexibility index (Phi) is 4.56. The second kappa shape index (κ2) is 5.87. The van der Waals surface area contributed by atoms with E-state index in [1.54, 1.807) is 13.8 Å². The standard InChI is InChI=1S/C16H24O7/c1-8(22-10(3)17)14(20)15(5)9(2)16(23-11(4)18)7-21-13(16)6-12(15)19/h8-9,12-13,19H,6-7H2,1-5H3/t8-,9+,12+,13-,15+,16-/m1/s1. The van der Waals surface area contributed by atoms with Crippen LogP contribution >= 0.6 is 0 Å². The molecule has 0 amide bonds. The predicted molar refractivity (Wildman–Crippen MR) is 78.4 cm³/mol. The Balaban J connectivity index is 2.33. The number of aliphatic hydroxyl groups excluding tert-OH is 1. The molecule has 6 atom stereocenters. The average Bonchev–Trinajstić information content (AvgIpc) is 2.44. The van der Waals surface area contributed by atoms with Crippen molar-refractivity contribution in [2.75, 3.05) is 6.61 Å². The molecule has 0 bridgehead atoms. The highest BCUT2D eigenvalue weighted by Gasteiger charge is 2.68. The molecule has 0 unspecified atom stereocenters. The van der Waals surface area contributed by atoms with Gasteiger partial charge in [0.05, 0.1) is 18.1 Å². The van der Waals surface area contributed by atoms with E-state index < -0.39 is 47.2 Å². The van der Waals surface area contributed by atoms with Gasteiger partial charge < -0.3 is 19.3 Å². The van der Waals surface area contributed by atoms with Crippen molar-refractivity contribution in [1.82, 2.24) is 0 Å². The van der Waals surface area contributed by atoms with Gasteiger partial charge >= 0.3 is 11.9 Å². The number of esters is 2. The lowest BCUT2D eigenvalue weighted by Gasteiger charge is -2.61. The molecule has 1 heterocycles. The van der Waals surface area contributed by atoms with Gasteiger partial charge in [-0.1, -0.05) is 6.92 Å². The summed E-state index contributed by atoms with van der Waals surface area (Å²) in [5, 5.41) is 10.5. The van der Waals surface area contributed by atoms with Gasteiger partial charge in [0, 0.05) is 26.2 Å². The molecule has 2 aliphatic rings. The van der Waals surface area contributed by atoms with Crippen LogP contribution in [-0.4, -0.2) is 53.3 Å². The lowest BCUT2D eigenvalue weighted by molar-refractivity contribution is -0.315. The highest BCUT2D eigenvalue weighted by molar-refractivity contribution is 5.91. The second-order valence-corrected chi connectivity index (χ2v) is 6.72. The summed E-state index contributed by atoms with van der Waals surface area (Å²) in [5.41, 5.74) is -2.13. The number of fused-ring (bicyclic) bond motifs is 1. The topological polar surface area (TPSA) is 99.1 Å². The van der Waals surface area contributed by atoms with Crippen LogP contribution in [-0.2, 0) is 28.6 Å². The summed E-state index contributed by atoms with van der Waals surface area (Å²) >= 11 is 0. The Labute approximate surface area is 135 Å². The smallest absolute Gasteiger partial charge is 0.303 e. The number of Topliss-reactive ketones (excluding diaryl/α,β-unsaturated/α-hetero) is 1. The van der Waals surface area contributed by atoms with Crippen molar-refractivity contribution < 1.29 is 33.7 Å². The Morgan fingerprint density at radius 1 is 1.26 bits per heavy atom. The fourth-order valence-corrected chi connectivity index (χ4v) is 3.85. The lowest BCUT2D eigenvalue weighted by atomic mass is 9.54. The zero-order chi connectivity index (χ0) is 17.6. The van der Waals surface area contributed by atoms with Crippen LogP contribution in [0.4, 0.5) is 0 Å². The maximum absolute atomic E-state index is 12.9.